The third-order valence-electron chi connectivity index (χ3n) is 5.27. The lowest BCUT2D eigenvalue weighted by molar-refractivity contribution is -0.274. The standard InChI is InChI=1S/C26H24F3N3O4/c1-15(2)17-4-6-19(7-5-17)24(35)22(21(34)14-33)23(32-25-30-12-16(3)13-31-25)18-8-10-20(11-9-18)36-26(27,28)29/h4-15,23,35H,1-3H3,(H,30,31,32). The summed E-state index contributed by atoms with van der Waals surface area (Å²) in [5.74, 6) is -1.67. The number of aliphatic hydroxyl groups is 1. The number of aldehydes is 1. The lowest BCUT2D eigenvalue weighted by Crippen LogP contribution is -2.23. The molecule has 0 amide bonds. The summed E-state index contributed by atoms with van der Waals surface area (Å²) in [6.45, 7) is 5.77. The highest BCUT2D eigenvalue weighted by Crippen LogP contribution is 2.33. The summed E-state index contributed by atoms with van der Waals surface area (Å²) < 4.78 is 41.7. The zero-order valence-corrected chi connectivity index (χ0v) is 19.7. The Balaban J connectivity index is 2.13. The van der Waals surface area contributed by atoms with Crippen molar-refractivity contribution in [2.24, 2.45) is 0 Å². The number of hydrogen-bond acceptors (Lipinski definition) is 7. The number of anilines is 1. The van der Waals surface area contributed by atoms with Gasteiger partial charge in [-0.25, -0.2) is 9.97 Å². The smallest absolute Gasteiger partial charge is 0.507 e. The molecule has 1 atom stereocenters. The molecule has 2 N–H and O–H groups in total. The molecule has 0 saturated heterocycles. The van der Waals surface area contributed by atoms with Crippen molar-refractivity contribution in [2.45, 2.75) is 39.1 Å². The van der Waals surface area contributed by atoms with Crippen LogP contribution in [0.25, 0.3) is 5.76 Å². The molecule has 1 unspecified atom stereocenters. The number of aryl methyl sites for hydroxylation is 1. The van der Waals surface area contributed by atoms with Gasteiger partial charge in [0.25, 0.3) is 0 Å². The van der Waals surface area contributed by atoms with Crippen LogP contribution in [-0.2, 0) is 9.59 Å². The molecule has 0 spiro atoms. The second kappa shape index (κ2) is 11.0. The number of hydrogen-bond donors (Lipinski definition) is 2. The van der Waals surface area contributed by atoms with Crippen molar-refractivity contribution < 1.29 is 32.6 Å². The zero-order chi connectivity index (χ0) is 26.5. The van der Waals surface area contributed by atoms with E-state index in [2.05, 4.69) is 20.0 Å². The minimum atomic E-state index is -4.88. The summed E-state index contributed by atoms with van der Waals surface area (Å²) in [5, 5.41) is 14.0. The van der Waals surface area contributed by atoms with Gasteiger partial charge in [0.2, 0.25) is 11.7 Å². The van der Waals surface area contributed by atoms with Gasteiger partial charge in [0.1, 0.15) is 11.5 Å². The van der Waals surface area contributed by atoms with Gasteiger partial charge in [-0.2, -0.15) is 0 Å². The molecular formula is C26H24F3N3O4. The first kappa shape index (κ1) is 26.4. The number of Topliss-reactive ketones (excluding diaryl/α,β-unsaturated/α-hetero) is 1. The number of carbonyl (C=O) groups excluding carboxylic acids is 2. The van der Waals surface area contributed by atoms with Gasteiger partial charge in [-0.15, -0.1) is 13.2 Å². The van der Waals surface area contributed by atoms with Crippen LogP contribution in [0.3, 0.4) is 0 Å². The monoisotopic (exact) mass is 499 g/mol. The molecule has 0 aliphatic carbocycles. The summed E-state index contributed by atoms with van der Waals surface area (Å²) in [6.07, 6.45) is -1.79. The van der Waals surface area contributed by atoms with E-state index in [1.54, 1.807) is 31.2 Å². The molecule has 0 aliphatic rings. The van der Waals surface area contributed by atoms with E-state index in [0.717, 1.165) is 23.3 Å². The van der Waals surface area contributed by atoms with Gasteiger partial charge in [-0.05, 0) is 41.7 Å². The van der Waals surface area contributed by atoms with E-state index in [0.29, 0.717) is 0 Å². The molecule has 0 aliphatic heterocycles. The second-order valence-corrected chi connectivity index (χ2v) is 8.30. The predicted molar refractivity (Wildman–Crippen MR) is 127 cm³/mol. The minimum absolute atomic E-state index is 0.0554. The Morgan fingerprint density at radius 3 is 2.06 bits per heavy atom. The molecule has 7 nitrogen and oxygen atoms in total. The van der Waals surface area contributed by atoms with Gasteiger partial charge >= 0.3 is 6.36 Å². The number of alkyl halides is 3. The fourth-order valence-electron chi connectivity index (χ4n) is 3.42. The number of carbonyl (C=O) groups is 2. The van der Waals surface area contributed by atoms with Crippen molar-refractivity contribution in [1.29, 1.82) is 0 Å². The first-order valence-corrected chi connectivity index (χ1v) is 10.9. The predicted octanol–water partition coefficient (Wildman–Crippen LogP) is 5.70. The average Bonchev–Trinajstić information content (AvgIpc) is 2.84. The van der Waals surface area contributed by atoms with Crippen LogP contribution in [0, 0.1) is 6.92 Å². The van der Waals surface area contributed by atoms with Crippen molar-refractivity contribution in [3.63, 3.8) is 0 Å². The van der Waals surface area contributed by atoms with E-state index in [9.17, 15) is 27.9 Å². The molecule has 0 saturated carbocycles. The first-order valence-electron chi connectivity index (χ1n) is 10.9. The molecule has 2 aromatic carbocycles. The lowest BCUT2D eigenvalue weighted by Gasteiger charge is -2.22. The molecular weight excluding hydrogens is 475 g/mol. The Labute approximate surface area is 205 Å². The molecule has 1 heterocycles. The summed E-state index contributed by atoms with van der Waals surface area (Å²) in [4.78, 5) is 32.6. The topological polar surface area (TPSA) is 101 Å². The van der Waals surface area contributed by atoms with Crippen molar-refractivity contribution in [1.82, 2.24) is 9.97 Å². The van der Waals surface area contributed by atoms with Crippen molar-refractivity contribution in [3.05, 3.63) is 88.8 Å². The van der Waals surface area contributed by atoms with E-state index in [1.165, 1.54) is 24.5 Å². The SMILES string of the molecule is Cc1cnc(NC(C(C(=O)C=O)=C(O)c2ccc(C(C)C)cc2)c2ccc(OC(F)(F)F)cc2)nc1. The minimum Gasteiger partial charge on any atom is -0.507 e. The number of nitrogens with zero attached hydrogens (tertiary/aromatic N) is 2. The van der Waals surface area contributed by atoms with Crippen LogP contribution in [0.2, 0.25) is 0 Å². The van der Waals surface area contributed by atoms with Crippen molar-refractivity contribution in [2.75, 3.05) is 5.32 Å². The number of aliphatic hydroxyl groups excluding tert-OH is 1. The first-order chi connectivity index (χ1) is 17.0. The van der Waals surface area contributed by atoms with Crippen LogP contribution in [0.4, 0.5) is 19.1 Å². The summed E-state index contributed by atoms with van der Waals surface area (Å²) in [5.41, 5.74) is 1.97. The highest BCUT2D eigenvalue weighted by molar-refractivity contribution is 6.35. The summed E-state index contributed by atoms with van der Waals surface area (Å²) in [7, 11) is 0. The number of ketones is 1. The molecule has 0 fully saturated rings. The van der Waals surface area contributed by atoms with Gasteiger partial charge in [0.05, 0.1) is 11.6 Å². The zero-order valence-electron chi connectivity index (χ0n) is 19.7. The quantitative estimate of drug-likeness (QED) is 0.169. The molecule has 36 heavy (non-hydrogen) atoms. The van der Waals surface area contributed by atoms with E-state index in [1.807, 2.05) is 13.8 Å². The third-order valence-corrected chi connectivity index (χ3v) is 5.27. The largest absolute Gasteiger partial charge is 0.573 e. The maximum absolute atomic E-state index is 12.8. The fraction of sp³-hybridized carbons (Fsp3) is 0.231. The average molecular weight is 499 g/mol. The summed E-state index contributed by atoms with van der Waals surface area (Å²) >= 11 is 0. The Morgan fingerprint density at radius 2 is 1.56 bits per heavy atom. The van der Waals surface area contributed by atoms with Crippen molar-refractivity contribution >= 4 is 23.8 Å². The van der Waals surface area contributed by atoms with Crippen LogP contribution < -0.4 is 10.1 Å². The summed E-state index contributed by atoms with van der Waals surface area (Å²) in [6, 6.07) is 10.3. The Kier molecular flexibility index (Phi) is 8.08. The molecule has 10 heteroatoms. The van der Waals surface area contributed by atoms with Gasteiger partial charge in [0.15, 0.2) is 6.29 Å². The van der Waals surface area contributed by atoms with Crippen LogP contribution in [0.1, 0.15) is 48.1 Å². The number of halogens is 3. The Hall–Kier alpha value is -4.21. The van der Waals surface area contributed by atoms with Crippen LogP contribution in [-0.4, -0.2) is 33.5 Å². The van der Waals surface area contributed by atoms with Gasteiger partial charge in [0, 0.05) is 18.0 Å². The number of ether oxygens (including phenoxy) is 1. The van der Waals surface area contributed by atoms with E-state index >= 15 is 0 Å². The van der Waals surface area contributed by atoms with Gasteiger partial charge in [-0.3, -0.25) is 9.59 Å². The van der Waals surface area contributed by atoms with Gasteiger partial charge < -0.3 is 15.2 Å². The maximum atomic E-state index is 12.8. The molecule has 0 bridgehead atoms. The number of rotatable bonds is 9. The fourth-order valence-corrected chi connectivity index (χ4v) is 3.42. The Morgan fingerprint density at radius 1 is 1.00 bits per heavy atom. The van der Waals surface area contributed by atoms with Crippen LogP contribution in [0.15, 0.2) is 66.5 Å². The number of nitrogens with one attached hydrogen (secondary N) is 1. The molecule has 1 aromatic heterocycles. The normalized spacial score (nSPS) is 13.1. The second-order valence-electron chi connectivity index (χ2n) is 8.30. The molecule has 0 radical (unpaired) electrons. The third kappa shape index (κ3) is 6.68. The van der Waals surface area contributed by atoms with Crippen LogP contribution in [0.5, 0.6) is 5.75 Å². The molecule has 3 rings (SSSR count). The number of benzene rings is 2. The lowest BCUT2D eigenvalue weighted by atomic mass is 9.92. The van der Waals surface area contributed by atoms with E-state index in [4.69, 9.17) is 0 Å². The number of aromatic nitrogens is 2. The molecule has 188 valence electrons. The highest BCUT2D eigenvalue weighted by atomic mass is 19.4. The Bertz CT molecular complexity index is 1240. The van der Waals surface area contributed by atoms with Crippen molar-refractivity contribution in [3.8, 4) is 5.75 Å². The van der Waals surface area contributed by atoms with E-state index < -0.39 is 29.7 Å². The highest BCUT2D eigenvalue weighted by Gasteiger charge is 2.32. The maximum Gasteiger partial charge on any atom is 0.573 e. The molecule has 3 aromatic rings. The van der Waals surface area contributed by atoms with Crippen LogP contribution >= 0.6 is 0 Å². The van der Waals surface area contributed by atoms with Gasteiger partial charge in [-0.1, -0.05) is 50.2 Å². The van der Waals surface area contributed by atoms with E-state index in [-0.39, 0.29) is 34.9 Å².